The van der Waals surface area contributed by atoms with Gasteiger partial charge in [0.25, 0.3) is 0 Å². The third-order valence-electron chi connectivity index (χ3n) is 5.10. The first-order chi connectivity index (χ1) is 12.5. The molecular weight excluding hydrogens is 324 g/mol. The van der Waals surface area contributed by atoms with Crippen molar-refractivity contribution < 1.29 is 14.9 Å². The summed E-state index contributed by atoms with van der Waals surface area (Å²) < 4.78 is 5.93. The molecule has 1 aromatic carbocycles. The van der Waals surface area contributed by atoms with Crippen molar-refractivity contribution in [3.63, 3.8) is 0 Å². The first-order valence-corrected chi connectivity index (χ1v) is 10.5. The summed E-state index contributed by atoms with van der Waals surface area (Å²) in [6.07, 6.45) is 9.05. The third-order valence-corrected chi connectivity index (χ3v) is 5.10. The number of hydrogen-bond donors (Lipinski definition) is 2. The monoisotopic (exact) mass is 364 g/mol. The van der Waals surface area contributed by atoms with Crippen LogP contribution in [0.4, 0.5) is 0 Å². The standard InChI is InChI=1S/C23H40O3/c1-4-7-15-22(24,16-8-5-2)19-26-20-23(25,17-9-6-3)18-21-13-11-10-12-14-21/h10-14,24-25H,4-9,15-20H2,1-3H3. The van der Waals surface area contributed by atoms with Gasteiger partial charge in [-0.25, -0.2) is 0 Å². The van der Waals surface area contributed by atoms with E-state index in [1.165, 1.54) is 0 Å². The summed E-state index contributed by atoms with van der Waals surface area (Å²) in [6, 6.07) is 10.1. The van der Waals surface area contributed by atoms with Gasteiger partial charge < -0.3 is 14.9 Å². The molecule has 0 aliphatic rings. The zero-order valence-corrected chi connectivity index (χ0v) is 17.2. The third kappa shape index (κ3) is 9.16. The molecule has 2 N–H and O–H groups in total. The average molecular weight is 365 g/mol. The molecule has 0 aromatic heterocycles. The predicted octanol–water partition coefficient (Wildman–Crippen LogP) is 5.28. The molecule has 3 heteroatoms. The Balaban J connectivity index is 2.65. The topological polar surface area (TPSA) is 49.7 Å². The highest BCUT2D eigenvalue weighted by atomic mass is 16.5. The number of ether oxygens (including phenoxy) is 1. The van der Waals surface area contributed by atoms with Gasteiger partial charge in [-0.1, -0.05) is 89.6 Å². The fourth-order valence-corrected chi connectivity index (χ4v) is 3.41. The maximum atomic E-state index is 11.1. The Bertz CT molecular complexity index is 452. The molecule has 0 amide bonds. The quantitative estimate of drug-likeness (QED) is 0.445. The fourth-order valence-electron chi connectivity index (χ4n) is 3.41. The van der Waals surface area contributed by atoms with E-state index >= 15 is 0 Å². The van der Waals surface area contributed by atoms with E-state index in [1.54, 1.807) is 0 Å². The van der Waals surface area contributed by atoms with Gasteiger partial charge in [0.1, 0.15) is 0 Å². The molecule has 150 valence electrons. The van der Waals surface area contributed by atoms with E-state index in [0.29, 0.717) is 13.0 Å². The number of hydrogen-bond acceptors (Lipinski definition) is 3. The van der Waals surface area contributed by atoms with E-state index in [4.69, 9.17) is 4.74 Å². The minimum Gasteiger partial charge on any atom is -0.387 e. The zero-order valence-electron chi connectivity index (χ0n) is 17.2. The summed E-state index contributed by atoms with van der Waals surface area (Å²) in [7, 11) is 0. The molecule has 0 heterocycles. The normalized spacial score (nSPS) is 14.3. The smallest absolute Gasteiger partial charge is 0.0920 e. The van der Waals surface area contributed by atoms with E-state index in [9.17, 15) is 10.2 Å². The van der Waals surface area contributed by atoms with Crippen molar-refractivity contribution in [3.8, 4) is 0 Å². The van der Waals surface area contributed by atoms with Gasteiger partial charge >= 0.3 is 0 Å². The minimum absolute atomic E-state index is 0.280. The van der Waals surface area contributed by atoms with Gasteiger partial charge in [-0.05, 0) is 24.8 Å². The van der Waals surface area contributed by atoms with Crippen LogP contribution < -0.4 is 0 Å². The Morgan fingerprint density at radius 1 is 0.731 bits per heavy atom. The zero-order chi connectivity index (χ0) is 19.3. The predicted molar refractivity (Wildman–Crippen MR) is 109 cm³/mol. The lowest BCUT2D eigenvalue weighted by atomic mass is 9.89. The average Bonchev–Trinajstić information content (AvgIpc) is 2.64. The van der Waals surface area contributed by atoms with Crippen molar-refractivity contribution in [2.45, 2.75) is 96.2 Å². The molecule has 0 radical (unpaired) electrons. The minimum atomic E-state index is -0.867. The van der Waals surface area contributed by atoms with Gasteiger partial charge in [0.05, 0.1) is 24.4 Å². The summed E-state index contributed by atoms with van der Waals surface area (Å²) in [5.41, 5.74) is -0.500. The number of benzene rings is 1. The van der Waals surface area contributed by atoms with Crippen LogP contribution in [0.3, 0.4) is 0 Å². The van der Waals surface area contributed by atoms with Gasteiger partial charge in [0, 0.05) is 6.42 Å². The van der Waals surface area contributed by atoms with Crippen LogP contribution in [-0.4, -0.2) is 34.6 Å². The summed E-state index contributed by atoms with van der Waals surface area (Å²) in [4.78, 5) is 0. The van der Waals surface area contributed by atoms with Crippen LogP contribution in [0.15, 0.2) is 30.3 Å². The van der Waals surface area contributed by atoms with Crippen molar-refractivity contribution in [2.75, 3.05) is 13.2 Å². The van der Waals surface area contributed by atoms with E-state index in [1.807, 2.05) is 18.2 Å². The highest BCUT2D eigenvalue weighted by Gasteiger charge is 2.31. The Morgan fingerprint density at radius 2 is 1.19 bits per heavy atom. The second-order valence-electron chi connectivity index (χ2n) is 7.91. The van der Waals surface area contributed by atoms with Crippen molar-refractivity contribution in [1.82, 2.24) is 0 Å². The Hall–Kier alpha value is -0.900. The molecule has 1 atom stereocenters. The summed E-state index contributed by atoms with van der Waals surface area (Å²) in [6.45, 7) is 7.02. The molecule has 1 rings (SSSR count). The molecule has 0 fully saturated rings. The lowest BCUT2D eigenvalue weighted by molar-refractivity contribution is -0.106. The van der Waals surface area contributed by atoms with E-state index in [2.05, 4.69) is 32.9 Å². The van der Waals surface area contributed by atoms with Crippen LogP contribution in [0.25, 0.3) is 0 Å². The highest BCUT2D eigenvalue weighted by molar-refractivity contribution is 5.17. The van der Waals surface area contributed by atoms with Gasteiger partial charge in [-0.2, -0.15) is 0 Å². The maximum absolute atomic E-state index is 11.1. The molecule has 26 heavy (non-hydrogen) atoms. The SMILES string of the molecule is CCCCC(O)(CCCC)COCC(O)(CCCC)Cc1ccccc1. The van der Waals surface area contributed by atoms with E-state index < -0.39 is 11.2 Å². The van der Waals surface area contributed by atoms with Crippen molar-refractivity contribution in [1.29, 1.82) is 0 Å². The highest BCUT2D eigenvalue weighted by Crippen LogP contribution is 2.25. The molecule has 0 saturated carbocycles. The Kier molecular flexibility index (Phi) is 11.1. The molecule has 0 spiro atoms. The Labute approximate surface area is 160 Å². The maximum Gasteiger partial charge on any atom is 0.0920 e. The largest absolute Gasteiger partial charge is 0.387 e. The second-order valence-corrected chi connectivity index (χ2v) is 7.91. The summed E-state index contributed by atoms with van der Waals surface area (Å²) in [5.74, 6) is 0. The number of rotatable bonds is 15. The van der Waals surface area contributed by atoms with E-state index in [-0.39, 0.29) is 6.61 Å². The summed E-state index contributed by atoms with van der Waals surface area (Å²) >= 11 is 0. The molecular formula is C23H40O3. The molecule has 3 nitrogen and oxygen atoms in total. The first-order valence-electron chi connectivity index (χ1n) is 10.5. The van der Waals surface area contributed by atoms with Crippen LogP contribution >= 0.6 is 0 Å². The molecule has 1 unspecified atom stereocenters. The van der Waals surface area contributed by atoms with Crippen LogP contribution in [0, 0.1) is 0 Å². The van der Waals surface area contributed by atoms with Gasteiger partial charge in [-0.15, -0.1) is 0 Å². The van der Waals surface area contributed by atoms with Crippen LogP contribution in [0.5, 0.6) is 0 Å². The molecule has 1 aromatic rings. The number of aliphatic hydroxyl groups is 2. The van der Waals surface area contributed by atoms with Gasteiger partial charge in [-0.3, -0.25) is 0 Å². The van der Waals surface area contributed by atoms with Gasteiger partial charge in [0.15, 0.2) is 0 Å². The molecule has 0 saturated heterocycles. The second kappa shape index (κ2) is 12.5. The summed E-state index contributed by atoms with van der Waals surface area (Å²) in [5, 5.41) is 22.1. The lowest BCUT2D eigenvalue weighted by Gasteiger charge is -2.32. The van der Waals surface area contributed by atoms with Crippen molar-refractivity contribution in [3.05, 3.63) is 35.9 Å². The fraction of sp³-hybridized carbons (Fsp3) is 0.739. The molecule has 0 aliphatic carbocycles. The van der Waals surface area contributed by atoms with Gasteiger partial charge in [0.2, 0.25) is 0 Å². The molecule has 0 aliphatic heterocycles. The van der Waals surface area contributed by atoms with Crippen LogP contribution in [0.2, 0.25) is 0 Å². The lowest BCUT2D eigenvalue weighted by Crippen LogP contribution is -2.41. The Morgan fingerprint density at radius 3 is 1.69 bits per heavy atom. The first kappa shape index (κ1) is 23.1. The number of unbranched alkanes of at least 4 members (excludes halogenated alkanes) is 3. The van der Waals surface area contributed by atoms with Crippen LogP contribution in [-0.2, 0) is 11.2 Å². The molecule has 0 bridgehead atoms. The van der Waals surface area contributed by atoms with Crippen LogP contribution in [0.1, 0.15) is 84.1 Å². The van der Waals surface area contributed by atoms with E-state index in [0.717, 1.165) is 63.4 Å². The van der Waals surface area contributed by atoms with Crippen molar-refractivity contribution >= 4 is 0 Å². The van der Waals surface area contributed by atoms with Crippen molar-refractivity contribution in [2.24, 2.45) is 0 Å².